The Hall–Kier alpha value is -6.46. The SMILES string of the molecule is Cc1cccc(-c2c(C)ccc[n+]2[O-])c1.Cc1cccc(-c2nc(N)ccc2C)c1.Cc1cccc(-c2ncccc2C)c1.Cc1cccc(B(O)O)c1.Cc1cccnc1Br. The lowest BCUT2D eigenvalue weighted by Gasteiger charge is -2.07. The monoisotopic (exact) mass is 887 g/mol. The first-order chi connectivity index (χ1) is 29.6. The number of nitrogens with zero attached hydrogens (tertiary/aromatic N) is 4. The number of nitrogens with two attached hydrogens (primary N) is 1. The summed E-state index contributed by atoms with van der Waals surface area (Å²) >= 11 is 3.28. The van der Waals surface area contributed by atoms with Gasteiger partial charge in [0.25, 0.3) is 0 Å². The van der Waals surface area contributed by atoms with Gasteiger partial charge in [-0.1, -0.05) is 113 Å². The minimum Gasteiger partial charge on any atom is -0.618 e. The topological polar surface area (TPSA) is 132 Å². The van der Waals surface area contributed by atoms with Crippen LogP contribution in [0.1, 0.15) is 44.5 Å². The van der Waals surface area contributed by atoms with E-state index in [2.05, 4.69) is 100 Å². The molecule has 62 heavy (non-hydrogen) atoms. The average Bonchev–Trinajstić information content (AvgIpc) is 3.24. The van der Waals surface area contributed by atoms with E-state index >= 15 is 0 Å². The zero-order chi connectivity index (χ0) is 45.2. The molecule has 0 aliphatic carbocycles. The summed E-state index contributed by atoms with van der Waals surface area (Å²) in [6.45, 7) is 16.2. The van der Waals surface area contributed by atoms with Crippen molar-refractivity contribution in [2.45, 2.75) is 55.4 Å². The van der Waals surface area contributed by atoms with Gasteiger partial charge in [0.2, 0.25) is 5.69 Å². The van der Waals surface area contributed by atoms with Crippen LogP contribution >= 0.6 is 15.9 Å². The van der Waals surface area contributed by atoms with Gasteiger partial charge in [-0.15, -0.1) is 0 Å². The third kappa shape index (κ3) is 15.2. The molecule has 0 amide bonds. The fourth-order valence-corrected chi connectivity index (χ4v) is 6.50. The van der Waals surface area contributed by atoms with E-state index < -0.39 is 7.12 Å². The number of hydrogen-bond donors (Lipinski definition) is 3. The Bertz CT molecular complexity index is 2630. The quantitative estimate of drug-likeness (QED) is 0.0694. The first-order valence-electron chi connectivity index (χ1n) is 20.2. The smallest absolute Gasteiger partial charge is 0.488 e. The van der Waals surface area contributed by atoms with E-state index in [0.717, 1.165) is 59.8 Å². The fourth-order valence-electron chi connectivity index (χ4n) is 6.25. The summed E-state index contributed by atoms with van der Waals surface area (Å²) in [5.74, 6) is 0.567. The van der Waals surface area contributed by atoms with Crippen molar-refractivity contribution in [1.29, 1.82) is 0 Å². The van der Waals surface area contributed by atoms with Crippen LogP contribution in [-0.2, 0) is 0 Å². The second-order valence-corrected chi connectivity index (χ2v) is 15.7. The van der Waals surface area contributed by atoms with Gasteiger partial charge in [-0.3, -0.25) is 4.98 Å². The molecule has 0 bridgehead atoms. The Morgan fingerprint density at radius 2 is 1.00 bits per heavy atom. The molecule has 0 saturated carbocycles. The highest BCUT2D eigenvalue weighted by Crippen LogP contribution is 2.24. The van der Waals surface area contributed by atoms with Gasteiger partial charge < -0.3 is 21.0 Å². The number of pyridine rings is 4. The maximum Gasteiger partial charge on any atom is 0.488 e. The highest BCUT2D eigenvalue weighted by atomic mass is 79.9. The molecule has 0 aliphatic heterocycles. The van der Waals surface area contributed by atoms with Crippen LogP contribution in [0, 0.1) is 60.6 Å². The molecule has 0 saturated heterocycles. The first kappa shape index (κ1) is 48.2. The third-order valence-electron chi connectivity index (χ3n) is 9.45. The molecule has 4 N–H and O–H groups in total. The molecular weight excluding hydrogens is 833 g/mol. The molecule has 10 heteroatoms. The summed E-state index contributed by atoms with van der Waals surface area (Å²) in [7, 11) is -1.35. The van der Waals surface area contributed by atoms with Crippen LogP contribution in [0.4, 0.5) is 5.82 Å². The van der Waals surface area contributed by atoms with Crippen LogP contribution in [-0.4, -0.2) is 32.1 Å². The van der Waals surface area contributed by atoms with Gasteiger partial charge in [-0.2, -0.15) is 4.73 Å². The van der Waals surface area contributed by atoms with Crippen LogP contribution in [0.5, 0.6) is 0 Å². The Kier molecular flexibility index (Phi) is 18.7. The molecule has 4 heterocycles. The van der Waals surface area contributed by atoms with Crippen molar-refractivity contribution in [3.63, 3.8) is 0 Å². The molecule has 0 fully saturated rings. The summed E-state index contributed by atoms with van der Waals surface area (Å²) in [4.78, 5) is 12.7. The number of aryl methyl sites for hydroxylation is 8. The van der Waals surface area contributed by atoms with Crippen molar-refractivity contribution in [3.05, 3.63) is 219 Å². The van der Waals surface area contributed by atoms with Crippen molar-refractivity contribution in [2.75, 3.05) is 5.73 Å². The molecule has 8 rings (SSSR count). The average molecular weight is 889 g/mol. The molecule has 0 aliphatic rings. The lowest BCUT2D eigenvalue weighted by atomic mass is 9.80. The maximum absolute atomic E-state index is 11.7. The normalized spacial score (nSPS) is 9.98. The van der Waals surface area contributed by atoms with Crippen molar-refractivity contribution < 1.29 is 14.8 Å². The van der Waals surface area contributed by atoms with E-state index in [1.807, 2.05) is 114 Å². The van der Waals surface area contributed by atoms with E-state index in [4.69, 9.17) is 15.8 Å². The van der Waals surface area contributed by atoms with Gasteiger partial charge in [0.15, 0.2) is 6.20 Å². The summed E-state index contributed by atoms with van der Waals surface area (Å²) in [6, 6.07) is 47.3. The number of anilines is 1. The van der Waals surface area contributed by atoms with E-state index in [-0.39, 0.29) is 0 Å². The zero-order valence-corrected chi connectivity index (χ0v) is 38.3. The minimum atomic E-state index is -1.35. The maximum atomic E-state index is 11.7. The largest absolute Gasteiger partial charge is 0.618 e. The van der Waals surface area contributed by atoms with Gasteiger partial charge in [-0.25, -0.2) is 9.97 Å². The lowest BCUT2D eigenvalue weighted by molar-refractivity contribution is -0.594. The van der Waals surface area contributed by atoms with Gasteiger partial charge >= 0.3 is 7.12 Å². The van der Waals surface area contributed by atoms with Crippen LogP contribution in [0.2, 0.25) is 0 Å². The highest BCUT2D eigenvalue weighted by molar-refractivity contribution is 9.10. The van der Waals surface area contributed by atoms with E-state index in [0.29, 0.717) is 11.3 Å². The Morgan fingerprint density at radius 3 is 1.48 bits per heavy atom. The summed E-state index contributed by atoms with van der Waals surface area (Å²) in [5, 5.41) is 29.1. The van der Waals surface area contributed by atoms with E-state index in [1.165, 1.54) is 34.0 Å². The summed E-state index contributed by atoms with van der Waals surface area (Å²) in [5.41, 5.74) is 21.6. The van der Waals surface area contributed by atoms with Crippen molar-refractivity contribution >= 4 is 34.3 Å². The van der Waals surface area contributed by atoms with Crippen LogP contribution in [0.25, 0.3) is 33.8 Å². The molecule has 8 nitrogen and oxygen atoms in total. The molecule has 0 unspecified atom stereocenters. The Balaban J connectivity index is 0.000000173. The van der Waals surface area contributed by atoms with Crippen molar-refractivity contribution in [1.82, 2.24) is 15.0 Å². The summed E-state index contributed by atoms with van der Waals surface area (Å²) in [6.07, 6.45) is 5.13. The van der Waals surface area contributed by atoms with Gasteiger partial charge in [0.1, 0.15) is 10.4 Å². The van der Waals surface area contributed by atoms with Gasteiger partial charge in [0, 0.05) is 40.7 Å². The second-order valence-electron chi connectivity index (χ2n) is 14.9. The molecule has 4 aromatic heterocycles. The van der Waals surface area contributed by atoms with Crippen LogP contribution in [0.15, 0.2) is 169 Å². The lowest BCUT2D eigenvalue weighted by Crippen LogP contribution is -2.29. The third-order valence-corrected chi connectivity index (χ3v) is 10.3. The number of aromatic nitrogens is 4. The van der Waals surface area contributed by atoms with Gasteiger partial charge in [0.05, 0.1) is 11.4 Å². The molecule has 8 aromatic rings. The minimum absolute atomic E-state index is 0.542. The number of hydrogen-bond acceptors (Lipinski definition) is 7. The van der Waals surface area contributed by atoms with Crippen LogP contribution < -0.4 is 15.9 Å². The molecule has 316 valence electrons. The Morgan fingerprint density at radius 1 is 0.516 bits per heavy atom. The number of halogens is 1. The van der Waals surface area contributed by atoms with Gasteiger partial charge in [-0.05, 0) is 142 Å². The molecule has 0 spiro atoms. The van der Waals surface area contributed by atoms with Crippen LogP contribution in [0.3, 0.4) is 0 Å². The second kappa shape index (κ2) is 24.1. The number of nitrogen functional groups attached to an aromatic ring is 1. The zero-order valence-electron chi connectivity index (χ0n) is 36.7. The summed E-state index contributed by atoms with van der Waals surface area (Å²) < 4.78 is 1.85. The highest BCUT2D eigenvalue weighted by Gasteiger charge is 2.12. The predicted octanol–water partition coefficient (Wildman–Crippen LogP) is 10.7. The molecule has 0 radical (unpaired) electrons. The van der Waals surface area contributed by atoms with Crippen molar-refractivity contribution in [3.8, 4) is 33.8 Å². The first-order valence-corrected chi connectivity index (χ1v) is 21.0. The fraction of sp³-hybridized carbons (Fsp3) is 0.154. The molecular formula is C52H55BBrN5O3. The number of benzene rings is 4. The molecule has 4 aromatic carbocycles. The Labute approximate surface area is 375 Å². The van der Waals surface area contributed by atoms with E-state index in [9.17, 15) is 5.21 Å². The predicted molar refractivity (Wildman–Crippen MR) is 261 cm³/mol. The van der Waals surface area contributed by atoms with E-state index in [1.54, 1.807) is 30.5 Å². The standard InChI is InChI=1S/C13H14N2.C13H13NO.C13H13N.C7H9BO2.C6H6BrN/c1-9-4-3-5-11(8-9)13-10(2)6-7-12(14)15-13;1-10-5-3-7-12(9-10)13-11(2)6-4-8-14(13)15;1-10-5-3-7-12(9-10)13-11(2)6-4-8-14-13;1-6-3-2-4-7(5-6)8(9)10;1-5-3-2-4-8-6(5)7/h3-8H,1-2H3,(H2,14,15);3-9H,1-2H3;3-9H,1-2H3;2-5,9-10H,1H3;2-4H,1H3. The van der Waals surface area contributed by atoms with Crippen molar-refractivity contribution in [2.24, 2.45) is 0 Å². The number of rotatable bonds is 4. The molecule has 0 atom stereocenters.